The monoisotopic (exact) mass is 311 g/mol. The van der Waals surface area contributed by atoms with E-state index in [4.69, 9.17) is 21.1 Å². The molecule has 1 heterocycles. The summed E-state index contributed by atoms with van der Waals surface area (Å²) in [5.74, 6) is -0.165. The molecule has 2 atom stereocenters. The summed E-state index contributed by atoms with van der Waals surface area (Å²) < 4.78 is 11.0. The number of rotatable bonds is 8. The van der Waals surface area contributed by atoms with Crippen molar-refractivity contribution >= 4 is 17.5 Å². The van der Waals surface area contributed by atoms with Crippen molar-refractivity contribution in [2.24, 2.45) is 0 Å². The van der Waals surface area contributed by atoms with Crippen molar-refractivity contribution in [3.8, 4) is 0 Å². The number of ether oxygens (including phenoxy) is 2. The SMILES string of the molecule is O=C(NCCCOCC1CCCO1)C(Cl)c1ccccc1. The largest absolute Gasteiger partial charge is 0.379 e. The fraction of sp³-hybridized carbons (Fsp3) is 0.562. The van der Waals surface area contributed by atoms with Crippen LogP contribution in [0, 0.1) is 0 Å². The Labute approximate surface area is 130 Å². The lowest BCUT2D eigenvalue weighted by atomic mass is 10.1. The predicted octanol–water partition coefficient (Wildman–Crippen LogP) is 2.67. The molecule has 0 spiro atoms. The van der Waals surface area contributed by atoms with Crippen LogP contribution >= 0.6 is 11.6 Å². The van der Waals surface area contributed by atoms with E-state index in [1.165, 1.54) is 0 Å². The second-order valence-electron chi connectivity index (χ2n) is 5.13. The molecule has 5 heteroatoms. The Hall–Kier alpha value is -1.10. The molecule has 1 fully saturated rings. The first-order chi connectivity index (χ1) is 10.3. The Bertz CT molecular complexity index is 421. The molecule has 1 amide bonds. The average molecular weight is 312 g/mol. The van der Waals surface area contributed by atoms with Crippen molar-refractivity contribution in [3.05, 3.63) is 35.9 Å². The van der Waals surface area contributed by atoms with Crippen LogP contribution < -0.4 is 5.32 Å². The van der Waals surface area contributed by atoms with Gasteiger partial charge >= 0.3 is 0 Å². The lowest BCUT2D eigenvalue weighted by Crippen LogP contribution is -2.28. The zero-order valence-corrected chi connectivity index (χ0v) is 12.8. The summed E-state index contributed by atoms with van der Waals surface area (Å²) >= 11 is 6.12. The minimum absolute atomic E-state index is 0.165. The fourth-order valence-electron chi connectivity index (χ4n) is 2.24. The zero-order chi connectivity index (χ0) is 14.9. The molecule has 116 valence electrons. The molecule has 1 aliphatic rings. The number of alkyl halides is 1. The van der Waals surface area contributed by atoms with E-state index in [2.05, 4.69) is 5.32 Å². The van der Waals surface area contributed by atoms with Crippen LogP contribution in [0.2, 0.25) is 0 Å². The highest BCUT2D eigenvalue weighted by Crippen LogP contribution is 2.19. The number of carbonyl (C=O) groups is 1. The van der Waals surface area contributed by atoms with Gasteiger partial charge in [0.25, 0.3) is 0 Å². The smallest absolute Gasteiger partial charge is 0.242 e. The van der Waals surface area contributed by atoms with E-state index in [0.29, 0.717) is 19.8 Å². The van der Waals surface area contributed by atoms with Crippen LogP contribution in [0.1, 0.15) is 30.2 Å². The maximum atomic E-state index is 11.9. The first-order valence-electron chi connectivity index (χ1n) is 7.43. The van der Waals surface area contributed by atoms with E-state index < -0.39 is 5.38 Å². The molecule has 4 nitrogen and oxygen atoms in total. The molecule has 21 heavy (non-hydrogen) atoms. The summed E-state index contributed by atoms with van der Waals surface area (Å²) in [7, 11) is 0. The van der Waals surface area contributed by atoms with Crippen LogP contribution in [-0.2, 0) is 14.3 Å². The number of amides is 1. The number of hydrogen-bond acceptors (Lipinski definition) is 3. The molecule has 2 rings (SSSR count). The van der Waals surface area contributed by atoms with Gasteiger partial charge in [0.15, 0.2) is 0 Å². The standard InChI is InChI=1S/C16H22ClNO3/c17-15(13-6-2-1-3-7-13)16(19)18-9-5-10-20-12-14-8-4-11-21-14/h1-3,6-7,14-15H,4-5,8-12H2,(H,18,19). The molecule has 1 aromatic carbocycles. The normalized spacial score (nSPS) is 19.4. The molecule has 1 N–H and O–H groups in total. The summed E-state index contributed by atoms with van der Waals surface area (Å²) in [6.07, 6.45) is 3.24. The van der Waals surface area contributed by atoms with Crippen LogP contribution in [0.4, 0.5) is 0 Å². The third-order valence-electron chi connectivity index (χ3n) is 3.41. The molecule has 0 saturated carbocycles. The van der Waals surface area contributed by atoms with E-state index in [9.17, 15) is 4.79 Å². The topological polar surface area (TPSA) is 47.6 Å². The van der Waals surface area contributed by atoms with Crippen LogP contribution in [0.5, 0.6) is 0 Å². The number of benzene rings is 1. The van der Waals surface area contributed by atoms with Gasteiger partial charge in [0.2, 0.25) is 5.91 Å². The Morgan fingerprint density at radius 3 is 2.95 bits per heavy atom. The summed E-state index contributed by atoms with van der Waals surface area (Å²) in [6, 6.07) is 9.34. The summed E-state index contributed by atoms with van der Waals surface area (Å²) in [5.41, 5.74) is 0.811. The molecule has 1 saturated heterocycles. The zero-order valence-electron chi connectivity index (χ0n) is 12.1. The van der Waals surface area contributed by atoms with Crippen molar-refractivity contribution in [3.63, 3.8) is 0 Å². The van der Waals surface area contributed by atoms with Crippen LogP contribution in [0.25, 0.3) is 0 Å². The van der Waals surface area contributed by atoms with Gasteiger partial charge in [0.1, 0.15) is 5.38 Å². The van der Waals surface area contributed by atoms with E-state index in [0.717, 1.165) is 31.4 Å². The van der Waals surface area contributed by atoms with E-state index in [1.807, 2.05) is 30.3 Å². The maximum absolute atomic E-state index is 11.9. The van der Waals surface area contributed by atoms with Crippen molar-refractivity contribution in [2.75, 3.05) is 26.4 Å². The minimum atomic E-state index is -0.640. The Balaban J connectivity index is 1.54. The lowest BCUT2D eigenvalue weighted by Gasteiger charge is -2.12. The third-order valence-corrected chi connectivity index (χ3v) is 3.87. The lowest BCUT2D eigenvalue weighted by molar-refractivity contribution is -0.120. The van der Waals surface area contributed by atoms with Gasteiger partial charge in [-0.05, 0) is 24.8 Å². The summed E-state index contributed by atoms with van der Waals surface area (Å²) in [6.45, 7) is 2.69. The molecular formula is C16H22ClNO3. The summed E-state index contributed by atoms with van der Waals surface area (Å²) in [5, 5.41) is 2.19. The maximum Gasteiger partial charge on any atom is 0.242 e. The van der Waals surface area contributed by atoms with Gasteiger partial charge in [-0.3, -0.25) is 4.79 Å². The fourth-order valence-corrected chi connectivity index (χ4v) is 2.46. The summed E-state index contributed by atoms with van der Waals surface area (Å²) in [4.78, 5) is 11.9. The van der Waals surface area contributed by atoms with Crippen molar-refractivity contribution in [2.45, 2.75) is 30.7 Å². The van der Waals surface area contributed by atoms with Crippen LogP contribution in [0.15, 0.2) is 30.3 Å². The van der Waals surface area contributed by atoms with Crippen LogP contribution in [-0.4, -0.2) is 38.4 Å². The van der Waals surface area contributed by atoms with E-state index in [-0.39, 0.29) is 12.0 Å². The van der Waals surface area contributed by atoms with Gasteiger partial charge < -0.3 is 14.8 Å². The van der Waals surface area contributed by atoms with Gasteiger partial charge in [-0.15, -0.1) is 11.6 Å². The second-order valence-corrected chi connectivity index (χ2v) is 5.56. The number of nitrogens with one attached hydrogen (secondary N) is 1. The molecule has 0 aliphatic carbocycles. The number of hydrogen-bond donors (Lipinski definition) is 1. The average Bonchev–Trinajstić information content (AvgIpc) is 3.04. The molecular weight excluding hydrogens is 290 g/mol. The second kappa shape index (κ2) is 9.03. The van der Waals surface area contributed by atoms with Gasteiger partial charge in [0, 0.05) is 19.8 Å². The quantitative estimate of drug-likeness (QED) is 0.593. The molecule has 1 aromatic rings. The molecule has 0 bridgehead atoms. The van der Waals surface area contributed by atoms with E-state index in [1.54, 1.807) is 0 Å². The predicted molar refractivity (Wildman–Crippen MR) is 82.5 cm³/mol. The molecule has 0 aromatic heterocycles. The third kappa shape index (κ3) is 5.65. The Morgan fingerprint density at radius 2 is 2.24 bits per heavy atom. The highest BCUT2D eigenvalue weighted by Gasteiger charge is 2.17. The Morgan fingerprint density at radius 1 is 1.43 bits per heavy atom. The van der Waals surface area contributed by atoms with Crippen LogP contribution in [0.3, 0.4) is 0 Å². The first-order valence-corrected chi connectivity index (χ1v) is 7.87. The molecule has 0 radical (unpaired) electrons. The highest BCUT2D eigenvalue weighted by atomic mass is 35.5. The Kier molecular flexibility index (Phi) is 7.00. The molecule has 2 unspecified atom stereocenters. The molecule has 1 aliphatic heterocycles. The van der Waals surface area contributed by atoms with Crippen molar-refractivity contribution in [1.82, 2.24) is 5.32 Å². The van der Waals surface area contributed by atoms with Gasteiger partial charge in [-0.2, -0.15) is 0 Å². The number of halogens is 1. The van der Waals surface area contributed by atoms with Gasteiger partial charge in [-0.25, -0.2) is 0 Å². The van der Waals surface area contributed by atoms with Gasteiger partial charge in [-0.1, -0.05) is 30.3 Å². The minimum Gasteiger partial charge on any atom is -0.379 e. The van der Waals surface area contributed by atoms with E-state index >= 15 is 0 Å². The van der Waals surface area contributed by atoms with Gasteiger partial charge in [0.05, 0.1) is 12.7 Å². The highest BCUT2D eigenvalue weighted by molar-refractivity contribution is 6.30. The first kappa shape index (κ1) is 16.3. The van der Waals surface area contributed by atoms with Crippen molar-refractivity contribution < 1.29 is 14.3 Å². The number of carbonyl (C=O) groups excluding carboxylic acids is 1. The van der Waals surface area contributed by atoms with Crippen molar-refractivity contribution in [1.29, 1.82) is 0 Å².